The van der Waals surface area contributed by atoms with Crippen molar-refractivity contribution in [3.05, 3.63) is 10.9 Å². The van der Waals surface area contributed by atoms with Gasteiger partial charge in [-0.3, -0.25) is 4.99 Å². The van der Waals surface area contributed by atoms with E-state index in [1.54, 1.807) is 0 Å². The van der Waals surface area contributed by atoms with Crippen LogP contribution in [0.4, 0.5) is 0 Å². The molecule has 1 aliphatic carbocycles. The lowest BCUT2D eigenvalue weighted by molar-refractivity contribution is -0.129. The third kappa shape index (κ3) is 3.73. The van der Waals surface area contributed by atoms with Crippen LogP contribution in [0.5, 0.6) is 0 Å². The van der Waals surface area contributed by atoms with E-state index in [2.05, 4.69) is 11.9 Å². The highest BCUT2D eigenvalue weighted by Crippen LogP contribution is 2.40. The van der Waals surface area contributed by atoms with E-state index >= 15 is 0 Å². The second-order valence-electron chi connectivity index (χ2n) is 5.92. The van der Waals surface area contributed by atoms with Gasteiger partial charge in [-0.05, 0) is 32.1 Å². The van der Waals surface area contributed by atoms with Crippen LogP contribution in [0, 0.1) is 5.92 Å². The highest BCUT2D eigenvalue weighted by molar-refractivity contribution is 6.58. The lowest BCUT2D eigenvalue weighted by atomic mass is 10.1. The smallest absolute Gasteiger partial charge is 0.355 e. The molecule has 0 spiro atoms. The fourth-order valence-electron chi connectivity index (χ4n) is 2.58. The summed E-state index contributed by atoms with van der Waals surface area (Å²) in [5, 5.41) is 9.24. The molecule has 0 amide bonds. The van der Waals surface area contributed by atoms with Gasteiger partial charge in [-0.1, -0.05) is 24.9 Å². The van der Waals surface area contributed by atoms with Crippen LogP contribution in [0.15, 0.2) is 15.8 Å². The van der Waals surface area contributed by atoms with E-state index < -0.39 is 5.97 Å². The molecule has 2 unspecified atom stereocenters. The summed E-state index contributed by atoms with van der Waals surface area (Å²) in [6, 6.07) is -0.00435. The first-order chi connectivity index (χ1) is 10.5. The summed E-state index contributed by atoms with van der Waals surface area (Å²) in [5.41, 5.74) is 5.98. The summed E-state index contributed by atoms with van der Waals surface area (Å²) >= 11 is 6.10. The fraction of sp³-hybridized carbons (Fsp3) is 0.733. The summed E-state index contributed by atoms with van der Waals surface area (Å²) in [6.07, 6.45) is 3.92. The van der Waals surface area contributed by atoms with Gasteiger partial charge in [0.2, 0.25) is 0 Å². The largest absolute Gasteiger partial charge is 0.476 e. The Morgan fingerprint density at radius 3 is 2.82 bits per heavy atom. The lowest BCUT2D eigenvalue weighted by Gasteiger charge is -2.39. The Morgan fingerprint density at radius 1 is 1.59 bits per heavy atom. The van der Waals surface area contributed by atoms with Gasteiger partial charge in [0.25, 0.3) is 0 Å². The number of nitrogens with two attached hydrogens (primary N) is 1. The molecule has 124 valence electrons. The van der Waals surface area contributed by atoms with Crippen LogP contribution in [0.25, 0.3) is 0 Å². The van der Waals surface area contributed by atoms with Crippen molar-refractivity contribution in [2.75, 3.05) is 13.2 Å². The van der Waals surface area contributed by atoms with Crippen molar-refractivity contribution in [2.45, 2.75) is 51.7 Å². The first kappa shape index (κ1) is 17.1. The van der Waals surface area contributed by atoms with Gasteiger partial charge in [0, 0.05) is 6.61 Å². The summed E-state index contributed by atoms with van der Waals surface area (Å²) < 4.78 is 5.67. The molecule has 1 fully saturated rings. The predicted molar refractivity (Wildman–Crippen MR) is 85.7 cm³/mol. The molecule has 0 bridgehead atoms. The quantitative estimate of drug-likeness (QED) is 0.666. The molecule has 6 nitrogen and oxygen atoms in total. The van der Waals surface area contributed by atoms with Gasteiger partial charge in [0.15, 0.2) is 5.71 Å². The Morgan fingerprint density at radius 2 is 2.27 bits per heavy atom. The summed E-state index contributed by atoms with van der Waals surface area (Å²) in [5.74, 6) is -0.501. The van der Waals surface area contributed by atoms with Gasteiger partial charge >= 0.3 is 5.97 Å². The minimum Gasteiger partial charge on any atom is -0.476 e. The molecular weight excluding hydrogens is 306 g/mol. The number of hydrogen-bond acceptors (Lipinski definition) is 5. The molecule has 0 saturated heterocycles. The molecule has 0 aromatic rings. The zero-order valence-corrected chi connectivity index (χ0v) is 13.8. The average Bonchev–Trinajstić information content (AvgIpc) is 3.30. The highest BCUT2D eigenvalue weighted by Gasteiger charge is 2.42. The molecule has 0 aromatic heterocycles. The van der Waals surface area contributed by atoms with Crippen molar-refractivity contribution in [1.82, 2.24) is 4.90 Å². The van der Waals surface area contributed by atoms with Crippen molar-refractivity contribution in [3.8, 4) is 0 Å². The second-order valence-corrected chi connectivity index (χ2v) is 6.30. The average molecular weight is 330 g/mol. The van der Waals surface area contributed by atoms with Crippen LogP contribution in [0.1, 0.15) is 39.5 Å². The Balaban J connectivity index is 2.12. The van der Waals surface area contributed by atoms with Gasteiger partial charge in [-0.25, -0.2) is 4.79 Å². The summed E-state index contributed by atoms with van der Waals surface area (Å²) in [4.78, 5) is 17.5. The number of ether oxygens (including phenoxy) is 1. The van der Waals surface area contributed by atoms with E-state index in [4.69, 9.17) is 22.1 Å². The number of halogens is 1. The first-order valence-electron chi connectivity index (χ1n) is 7.80. The van der Waals surface area contributed by atoms with E-state index in [1.165, 1.54) is 0 Å². The van der Waals surface area contributed by atoms with E-state index in [-0.39, 0.29) is 28.8 Å². The molecule has 1 saturated carbocycles. The number of carboxylic acids is 1. The van der Waals surface area contributed by atoms with Crippen molar-refractivity contribution in [1.29, 1.82) is 0 Å². The molecule has 3 N–H and O–H groups in total. The molecule has 1 heterocycles. The Labute approximate surface area is 136 Å². The van der Waals surface area contributed by atoms with Crippen molar-refractivity contribution >= 4 is 23.3 Å². The number of aliphatic imine (C=N–C) groups is 1. The van der Waals surface area contributed by atoms with Crippen molar-refractivity contribution in [2.24, 2.45) is 16.6 Å². The monoisotopic (exact) mass is 329 g/mol. The highest BCUT2D eigenvalue weighted by atomic mass is 35.5. The van der Waals surface area contributed by atoms with Crippen molar-refractivity contribution < 1.29 is 14.6 Å². The Hall–Kier alpha value is -1.27. The third-order valence-electron chi connectivity index (χ3n) is 3.98. The van der Waals surface area contributed by atoms with Gasteiger partial charge in [0.05, 0.1) is 12.6 Å². The maximum Gasteiger partial charge on any atom is 0.355 e. The van der Waals surface area contributed by atoms with Gasteiger partial charge in [-0.15, -0.1) is 0 Å². The van der Waals surface area contributed by atoms with E-state index in [0.29, 0.717) is 19.1 Å². The number of unbranched alkanes of at least 4 members (excludes halogenated alkanes) is 1. The number of nitrogens with zero attached hydrogens (tertiary/aromatic N) is 2. The van der Waals surface area contributed by atoms with Crippen LogP contribution < -0.4 is 5.73 Å². The van der Waals surface area contributed by atoms with Crippen LogP contribution in [-0.2, 0) is 9.53 Å². The summed E-state index contributed by atoms with van der Waals surface area (Å²) in [6.45, 7) is 5.35. The molecule has 2 atom stereocenters. The van der Waals surface area contributed by atoms with Crippen LogP contribution >= 0.6 is 11.6 Å². The molecule has 1 aliphatic heterocycles. The molecule has 22 heavy (non-hydrogen) atoms. The van der Waals surface area contributed by atoms with E-state index in [1.807, 2.05) is 11.8 Å². The zero-order valence-electron chi connectivity index (χ0n) is 13.1. The van der Waals surface area contributed by atoms with E-state index in [9.17, 15) is 9.90 Å². The normalized spacial score (nSPS) is 23.5. The van der Waals surface area contributed by atoms with Gasteiger partial charge in [0.1, 0.15) is 17.0 Å². The Kier molecular flexibility index (Phi) is 5.69. The molecule has 0 aromatic carbocycles. The van der Waals surface area contributed by atoms with Crippen LogP contribution in [0.3, 0.4) is 0 Å². The predicted octanol–water partition coefficient (Wildman–Crippen LogP) is 2.14. The Bertz CT molecular complexity index is 488. The van der Waals surface area contributed by atoms with Gasteiger partial charge < -0.3 is 20.5 Å². The minimum atomic E-state index is -1.13. The van der Waals surface area contributed by atoms with Crippen molar-refractivity contribution in [3.63, 3.8) is 0 Å². The minimum absolute atomic E-state index is 0.00435. The molecule has 2 aliphatic rings. The maximum atomic E-state index is 11.3. The SMILES string of the molecule is CCCCOCC(C)N1C(N)=C(Cl)C(C(=O)O)=NC1C1CC1. The fourth-order valence-corrected chi connectivity index (χ4v) is 2.81. The lowest BCUT2D eigenvalue weighted by Crippen LogP contribution is -2.49. The topological polar surface area (TPSA) is 88.2 Å². The number of aliphatic carboxylic acids is 1. The molecule has 7 heteroatoms. The van der Waals surface area contributed by atoms with Gasteiger partial charge in [-0.2, -0.15) is 0 Å². The molecule has 2 rings (SSSR count). The van der Waals surface area contributed by atoms with Crippen LogP contribution in [-0.4, -0.2) is 47.1 Å². The number of carboxylic acid groups (broad SMARTS) is 1. The third-order valence-corrected chi connectivity index (χ3v) is 4.35. The van der Waals surface area contributed by atoms with Crippen LogP contribution in [0.2, 0.25) is 0 Å². The number of rotatable bonds is 8. The molecular formula is C15H24ClN3O3. The first-order valence-corrected chi connectivity index (χ1v) is 8.18. The summed E-state index contributed by atoms with van der Waals surface area (Å²) in [7, 11) is 0. The standard InChI is InChI=1S/C15H24ClN3O3/c1-3-4-7-22-8-9(2)19-13(17)11(16)12(15(20)21)18-14(19)10-5-6-10/h9-10,14H,3-8,17H2,1-2H3,(H,20,21). The number of hydrogen-bond donors (Lipinski definition) is 2. The van der Waals surface area contributed by atoms with E-state index in [0.717, 1.165) is 25.7 Å². The number of carbonyl (C=O) groups is 1. The second kappa shape index (κ2) is 7.33. The zero-order chi connectivity index (χ0) is 16.3. The molecule has 0 radical (unpaired) electrons. The maximum absolute atomic E-state index is 11.3.